The number of nitrogen functional groups attached to an aromatic ring is 1. The first-order valence-corrected chi connectivity index (χ1v) is 4.70. The fourth-order valence-corrected chi connectivity index (χ4v) is 1.21. The Balaban J connectivity index is 1.99. The summed E-state index contributed by atoms with van der Waals surface area (Å²) in [6.07, 6.45) is 1.67. The van der Waals surface area contributed by atoms with E-state index in [-0.39, 0.29) is 0 Å². The third-order valence-electron chi connectivity index (χ3n) is 1.97. The van der Waals surface area contributed by atoms with E-state index in [0.29, 0.717) is 18.3 Å². The highest BCUT2D eigenvalue weighted by molar-refractivity contribution is 5.31. The molecule has 2 rings (SSSR count). The molecular weight excluding hydrogens is 208 g/mol. The zero-order chi connectivity index (χ0) is 11.4. The van der Waals surface area contributed by atoms with Crippen LogP contribution in [-0.4, -0.2) is 22.3 Å². The van der Waals surface area contributed by atoms with Gasteiger partial charge in [-0.25, -0.2) is 5.10 Å². The van der Waals surface area contributed by atoms with Crippen molar-refractivity contribution in [1.82, 2.24) is 15.2 Å². The molecule has 2 aromatic rings. The third kappa shape index (κ3) is 2.41. The molecule has 0 saturated carbocycles. The zero-order valence-electron chi connectivity index (χ0n) is 8.80. The van der Waals surface area contributed by atoms with Gasteiger partial charge in [-0.05, 0) is 6.07 Å². The zero-order valence-corrected chi connectivity index (χ0v) is 8.80. The van der Waals surface area contributed by atoms with Crippen LogP contribution in [0.25, 0.3) is 0 Å². The fourth-order valence-electron chi connectivity index (χ4n) is 1.21. The molecule has 84 valence electrons. The summed E-state index contributed by atoms with van der Waals surface area (Å²) in [5.41, 5.74) is 6.21. The average Bonchev–Trinajstić information content (AvgIpc) is 2.73. The average molecular weight is 220 g/mol. The maximum absolute atomic E-state index is 5.44. The molecule has 16 heavy (non-hydrogen) atoms. The number of aromatic amines is 1. The summed E-state index contributed by atoms with van der Waals surface area (Å²) in [5.74, 6) is 1.66. The lowest BCUT2D eigenvalue weighted by atomic mass is 10.3. The number of aromatic nitrogens is 3. The van der Waals surface area contributed by atoms with Crippen molar-refractivity contribution in [1.29, 1.82) is 0 Å². The maximum Gasteiger partial charge on any atom is 0.211 e. The van der Waals surface area contributed by atoms with Gasteiger partial charge in [0.1, 0.15) is 18.2 Å². The Hall–Kier alpha value is -2.24. The lowest BCUT2D eigenvalue weighted by molar-refractivity contribution is 0.288. The minimum absolute atomic E-state index is 0.332. The van der Waals surface area contributed by atoms with Crippen LogP contribution in [0.3, 0.4) is 0 Å². The number of ether oxygens (including phenoxy) is 2. The summed E-state index contributed by atoms with van der Waals surface area (Å²) < 4.78 is 10.5. The molecular formula is C10H12N4O2. The van der Waals surface area contributed by atoms with Gasteiger partial charge in [-0.1, -0.05) is 0 Å². The molecule has 0 aliphatic rings. The molecule has 0 bridgehead atoms. The van der Waals surface area contributed by atoms with Gasteiger partial charge in [0, 0.05) is 18.3 Å². The molecule has 0 atom stereocenters. The van der Waals surface area contributed by atoms with Crippen LogP contribution in [0.4, 0.5) is 5.82 Å². The van der Waals surface area contributed by atoms with Gasteiger partial charge in [0.25, 0.3) is 0 Å². The molecule has 0 saturated heterocycles. The van der Waals surface area contributed by atoms with Gasteiger partial charge in [-0.2, -0.15) is 5.10 Å². The van der Waals surface area contributed by atoms with Crippen molar-refractivity contribution in [2.75, 3.05) is 12.8 Å². The Labute approximate surface area is 92.4 Å². The van der Waals surface area contributed by atoms with Gasteiger partial charge in [-0.15, -0.1) is 0 Å². The largest absolute Gasteiger partial charge is 0.497 e. The third-order valence-corrected chi connectivity index (χ3v) is 1.97. The lowest BCUT2D eigenvalue weighted by Gasteiger charge is -2.04. The minimum Gasteiger partial charge on any atom is -0.497 e. The maximum atomic E-state index is 5.44. The summed E-state index contributed by atoms with van der Waals surface area (Å²) in [6.45, 7) is 0.332. The molecule has 3 N–H and O–H groups in total. The van der Waals surface area contributed by atoms with E-state index in [4.69, 9.17) is 15.2 Å². The van der Waals surface area contributed by atoms with E-state index in [2.05, 4.69) is 15.2 Å². The Morgan fingerprint density at radius 1 is 1.44 bits per heavy atom. The standard InChI is InChI=1S/C10H12N4O2/c1-15-8-2-3-12-7(4-8)6-16-10-5-9(11)13-14-10/h2-5H,6H2,1H3,(H3,11,13,14). The van der Waals surface area contributed by atoms with Crippen LogP contribution < -0.4 is 15.2 Å². The van der Waals surface area contributed by atoms with Crippen molar-refractivity contribution in [2.45, 2.75) is 6.61 Å². The molecule has 2 heterocycles. The van der Waals surface area contributed by atoms with Gasteiger partial charge in [-0.3, -0.25) is 4.98 Å². The quantitative estimate of drug-likeness (QED) is 0.801. The summed E-state index contributed by atoms with van der Waals surface area (Å²) in [4.78, 5) is 4.14. The Morgan fingerprint density at radius 2 is 2.31 bits per heavy atom. The molecule has 2 aromatic heterocycles. The van der Waals surface area contributed by atoms with Gasteiger partial charge in [0.05, 0.1) is 12.8 Å². The topological polar surface area (TPSA) is 86.1 Å². The predicted octanol–water partition coefficient (Wildman–Crippen LogP) is 0.974. The highest BCUT2D eigenvalue weighted by Gasteiger charge is 2.01. The van der Waals surface area contributed by atoms with Crippen LogP contribution in [0, 0.1) is 0 Å². The van der Waals surface area contributed by atoms with Crippen molar-refractivity contribution >= 4 is 5.82 Å². The number of nitrogens with two attached hydrogens (primary N) is 1. The van der Waals surface area contributed by atoms with Crippen molar-refractivity contribution in [3.05, 3.63) is 30.1 Å². The van der Waals surface area contributed by atoms with E-state index in [9.17, 15) is 0 Å². The number of pyridine rings is 1. The number of nitrogens with zero attached hydrogens (tertiary/aromatic N) is 2. The molecule has 0 radical (unpaired) electrons. The first-order valence-electron chi connectivity index (χ1n) is 4.70. The number of hydrogen-bond donors (Lipinski definition) is 2. The number of hydrogen-bond acceptors (Lipinski definition) is 5. The molecule has 0 unspecified atom stereocenters. The summed E-state index contributed by atoms with van der Waals surface area (Å²) in [7, 11) is 1.61. The number of methoxy groups -OCH3 is 1. The molecule has 0 aliphatic carbocycles. The van der Waals surface area contributed by atoms with Gasteiger partial charge < -0.3 is 15.2 Å². The van der Waals surface area contributed by atoms with Crippen LogP contribution in [0.1, 0.15) is 5.69 Å². The molecule has 6 heteroatoms. The van der Waals surface area contributed by atoms with Crippen molar-refractivity contribution in [2.24, 2.45) is 0 Å². The summed E-state index contributed by atoms with van der Waals surface area (Å²) in [6, 6.07) is 5.19. The number of rotatable bonds is 4. The van der Waals surface area contributed by atoms with Crippen LogP contribution in [0.5, 0.6) is 11.6 Å². The Kier molecular flexibility index (Phi) is 2.90. The van der Waals surface area contributed by atoms with Crippen LogP contribution in [0.15, 0.2) is 24.4 Å². The van der Waals surface area contributed by atoms with Gasteiger partial charge in [0.2, 0.25) is 5.88 Å². The van der Waals surface area contributed by atoms with E-state index < -0.39 is 0 Å². The second kappa shape index (κ2) is 4.52. The monoisotopic (exact) mass is 220 g/mol. The van der Waals surface area contributed by atoms with E-state index in [1.807, 2.05) is 0 Å². The van der Waals surface area contributed by atoms with Crippen molar-refractivity contribution in [3.8, 4) is 11.6 Å². The van der Waals surface area contributed by atoms with Crippen LogP contribution in [0.2, 0.25) is 0 Å². The number of H-pyrrole nitrogens is 1. The number of anilines is 1. The molecule has 0 aromatic carbocycles. The predicted molar refractivity (Wildman–Crippen MR) is 58.1 cm³/mol. The van der Waals surface area contributed by atoms with Gasteiger partial charge in [0.15, 0.2) is 0 Å². The highest BCUT2D eigenvalue weighted by Crippen LogP contribution is 2.13. The highest BCUT2D eigenvalue weighted by atomic mass is 16.5. The van der Waals surface area contributed by atoms with Gasteiger partial charge >= 0.3 is 0 Å². The lowest BCUT2D eigenvalue weighted by Crippen LogP contribution is -1.98. The smallest absolute Gasteiger partial charge is 0.211 e. The van der Waals surface area contributed by atoms with E-state index in [0.717, 1.165) is 11.4 Å². The SMILES string of the molecule is COc1ccnc(COc2cc(N)n[nH]2)c1. The Morgan fingerprint density at radius 3 is 3.00 bits per heavy atom. The second-order valence-corrected chi connectivity index (χ2v) is 3.13. The minimum atomic E-state index is 0.332. The number of nitrogens with one attached hydrogen (secondary N) is 1. The van der Waals surface area contributed by atoms with Crippen molar-refractivity contribution in [3.63, 3.8) is 0 Å². The molecule has 0 fully saturated rings. The molecule has 0 spiro atoms. The first kappa shape index (κ1) is 10.3. The van der Waals surface area contributed by atoms with Crippen LogP contribution in [-0.2, 0) is 6.61 Å². The fraction of sp³-hybridized carbons (Fsp3) is 0.200. The van der Waals surface area contributed by atoms with E-state index in [1.54, 1.807) is 31.5 Å². The first-order chi connectivity index (χ1) is 7.78. The van der Waals surface area contributed by atoms with E-state index >= 15 is 0 Å². The molecule has 6 nitrogen and oxygen atoms in total. The van der Waals surface area contributed by atoms with E-state index in [1.165, 1.54) is 0 Å². The van der Waals surface area contributed by atoms with Crippen molar-refractivity contribution < 1.29 is 9.47 Å². The normalized spacial score (nSPS) is 10.1. The molecule has 0 amide bonds. The van der Waals surface area contributed by atoms with Crippen LogP contribution >= 0.6 is 0 Å². The summed E-state index contributed by atoms with van der Waals surface area (Å²) >= 11 is 0. The molecule has 0 aliphatic heterocycles. The Bertz CT molecular complexity index is 469. The summed E-state index contributed by atoms with van der Waals surface area (Å²) in [5, 5.41) is 6.39. The second-order valence-electron chi connectivity index (χ2n) is 3.13.